The van der Waals surface area contributed by atoms with E-state index in [1.165, 1.54) is 25.1 Å². The Bertz CT molecular complexity index is 1040. The van der Waals surface area contributed by atoms with E-state index in [-0.39, 0.29) is 28.7 Å². The van der Waals surface area contributed by atoms with Crippen molar-refractivity contribution in [1.29, 1.82) is 0 Å². The molecule has 154 valence electrons. The molecule has 1 amide bonds. The van der Waals surface area contributed by atoms with Crippen LogP contribution in [0, 0.1) is 0 Å². The Balaban J connectivity index is 1.92. The van der Waals surface area contributed by atoms with Gasteiger partial charge in [0.05, 0.1) is 22.8 Å². The van der Waals surface area contributed by atoms with Crippen molar-refractivity contribution in [3.63, 3.8) is 0 Å². The summed E-state index contributed by atoms with van der Waals surface area (Å²) >= 11 is 1.60. The van der Waals surface area contributed by atoms with Gasteiger partial charge in [-0.15, -0.1) is 11.8 Å². The number of benzene rings is 2. The van der Waals surface area contributed by atoms with Gasteiger partial charge in [0.1, 0.15) is 0 Å². The number of thioether (sulfide) groups is 1. The summed E-state index contributed by atoms with van der Waals surface area (Å²) in [6.07, 6.45) is 0.833. The molecule has 2 aromatic carbocycles. The van der Waals surface area contributed by atoms with E-state index in [2.05, 4.69) is 4.72 Å². The van der Waals surface area contributed by atoms with Gasteiger partial charge in [-0.25, -0.2) is 13.2 Å². The first-order chi connectivity index (χ1) is 13.8. The van der Waals surface area contributed by atoms with Crippen LogP contribution in [0.1, 0.15) is 30.6 Å². The minimum absolute atomic E-state index is 0.0477. The minimum atomic E-state index is -3.91. The van der Waals surface area contributed by atoms with Gasteiger partial charge in [-0.05, 0) is 55.5 Å². The van der Waals surface area contributed by atoms with Crippen LogP contribution in [0.25, 0.3) is 0 Å². The lowest BCUT2D eigenvalue weighted by atomic mass is 10.2. The second kappa shape index (κ2) is 8.87. The molecule has 7 nitrogen and oxygen atoms in total. The van der Waals surface area contributed by atoms with Crippen LogP contribution >= 0.6 is 11.8 Å². The van der Waals surface area contributed by atoms with Crippen LogP contribution in [0.4, 0.5) is 11.4 Å². The Hall–Kier alpha value is -2.52. The molecule has 0 unspecified atom stereocenters. The van der Waals surface area contributed by atoms with Crippen LogP contribution in [0.3, 0.4) is 0 Å². The highest BCUT2D eigenvalue weighted by molar-refractivity contribution is 7.99. The fourth-order valence-electron chi connectivity index (χ4n) is 2.99. The van der Waals surface area contributed by atoms with Crippen LogP contribution in [-0.4, -0.2) is 39.2 Å². The molecule has 1 aliphatic heterocycles. The molecular formula is C20H22N2O5S2. The molecular weight excluding hydrogens is 412 g/mol. The highest BCUT2D eigenvalue weighted by Gasteiger charge is 2.23. The van der Waals surface area contributed by atoms with E-state index in [9.17, 15) is 18.0 Å². The van der Waals surface area contributed by atoms with Crippen molar-refractivity contribution < 1.29 is 22.7 Å². The summed E-state index contributed by atoms with van der Waals surface area (Å²) < 4.78 is 33.3. The van der Waals surface area contributed by atoms with Gasteiger partial charge >= 0.3 is 5.97 Å². The SMILES string of the molecule is CCOC(=O)c1cccc(NS(=O)(=O)c2ccc3c(c2)N(C(C)=O)CCCS3)c1. The number of fused-ring (bicyclic) bond motifs is 1. The predicted octanol–water partition coefficient (Wildman–Crippen LogP) is 3.51. The fourth-order valence-corrected chi connectivity index (χ4v) is 5.03. The molecule has 0 saturated heterocycles. The molecule has 0 atom stereocenters. The van der Waals surface area contributed by atoms with Gasteiger partial charge in [0.2, 0.25) is 5.91 Å². The monoisotopic (exact) mass is 434 g/mol. The number of carbonyl (C=O) groups is 2. The molecule has 0 fully saturated rings. The van der Waals surface area contributed by atoms with Crippen LogP contribution in [0.5, 0.6) is 0 Å². The summed E-state index contributed by atoms with van der Waals surface area (Å²) in [5.41, 5.74) is 1.11. The largest absolute Gasteiger partial charge is 0.462 e. The van der Waals surface area contributed by atoms with Gasteiger partial charge < -0.3 is 9.64 Å². The first-order valence-corrected chi connectivity index (χ1v) is 11.6. The third kappa shape index (κ3) is 4.91. The molecule has 0 aromatic heterocycles. The van der Waals surface area contributed by atoms with Crippen molar-refractivity contribution in [2.75, 3.05) is 28.5 Å². The smallest absolute Gasteiger partial charge is 0.338 e. The highest BCUT2D eigenvalue weighted by Crippen LogP contribution is 2.36. The van der Waals surface area contributed by atoms with Gasteiger partial charge in [-0.3, -0.25) is 9.52 Å². The molecule has 1 aliphatic rings. The van der Waals surface area contributed by atoms with Crippen LogP contribution in [-0.2, 0) is 19.6 Å². The quantitative estimate of drug-likeness (QED) is 0.724. The van der Waals surface area contributed by atoms with Gasteiger partial charge in [-0.1, -0.05) is 6.07 Å². The Morgan fingerprint density at radius 1 is 1.21 bits per heavy atom. The molecule has 0 saturated carbocycles. The maximum Gasteiger partial charge on any atom is 0.338 e. The summed E-state index contributed by atoms with van der Waals surface area (Å²) in [5.74, 6) is 0.216. The van der Waals surface area contributed by atoms with E-state index in [0.29, 0.717) is 12.2 Å². The van der Waals surface area contributed by atoms with Gasteiger partial charge in [0.25, 0.3) is 10.0 Å². The van der Waals surface area contributed by atoms with Crippen molar-refractivity contribution in [3.8, 4) is 0 Å². The molecule has 1 heterocycles. The molecule has 9 heteroatoms. The van der Waals surface area contributed by atoms with Gasteiger partial charge in [0, 0.05) is 24.1 Å². The summed E-state index contributed by atoms with van der Waals surface area (Å²) in [4.78, 5) is 26.4. The van der Waals surface area contributed by atoms with Crippen LogP contribution < -0.4 is 9.62 Å². The maximum atomic E-state index is 12.9. The molecule has 0 radical (unpaired) electrons. The predicted molar refractivity (Wildman–Crippen MR) is 113 cm³/mol. The lowest BCUT2D eigenvalue weighted by Gasteiger charge is -2.21. The third-order valence-electron chi connectivity index (χ3n) is 4.32. The number of rotatable bonds is 5. The van der Waals surface area contributed by atoms with E-state index in [0.717, 1.165) is 17.1 Å². The van der Waals surface area contributed by atoms with Crippen molar-refractivity contribution >= 4 is 45.0 Å². The number of ether oxygens (including phenoxy) is 1. The van der Waals surface area contributed by atoms with E-state index in [1.54, 1.807) is 47.9 Å². The van der Waals surface area contributed by atoms with Crippen LogP contribution in [0.15, 0.2) is 52.3 Å². The van der Waals surface area contributed by atoms with Crippen molar-refractivity contribution in [2.45, 2.75) is 30.1 Å². The number of hydrogen-bond donors (Lipinski definition) is 1. The molecule has 0 bridgehead atoms. The molecule has 0 spiro atoms. The summed E-state index contributed by atoms with van der Waals surface area (Å²) in [6, 6.07) is 10.9. The summed E-state index contributed by atoms with van der Waals surface area (Å²) in [6.45, 7) is 3.95. The number of esters is 1. The number of carbonyl (C=O) groups excluding carboxylic acids is 2. The maximum absolute atomic E-state index is 12.9. The van der Waals surface area contributed by atoms with Crippen LogP contribution in [0.2, 0.25) is 0 Å². The zero-order valence-corrected chi connectivity index (χ0v) is 17.8. The zero-order chi connectivity index (χ0) is 21.0. The minimum Gasteiger partial charge on any atom is -0.462 e. The Morgan fingerprint density at radius 2 is 2.00 bits per heavy atom. The first-order valence-electron chi connectivity index (χ1n) is 9.17. The van der Waals surface area contributed by atoms with E-state index < -0.39 is 16.0 Å². The number of nitrogens with one attached hydrogen (secondary N) is 1. The zero-order valence-electron chi connectivity index (χ0n) is 16.2. The molecule has 1 N–H and O–H groups in total. The normalized spacial score (nSPS) is 13.9. The summed E-state index contributed by atoms with van der Waals surface area (Å²) in [5, 5.41) is 0. The average molecular weight is 435 g/mol. The van der Waals surface area contributed by atoms with Crippen molar-refractivity contribution in [1.82, 2.24) is 0 Å². The number of amides is 1. The lowest BCUT2D eigenvalue weighted by Crippen LogP contribution is -2.29. The molecule has 3 rings (SSSR count). The number of anilines is 2. The Kier molecular flexibility index (Phi) is 6.49. The highest BCUT2D eigenvalue weighted by atomic mass is 32.2. The average Bonchev–Trinajstić information content (AvgIpc) is 2.90. The van der Waals surface area contributed by atoms with Gasteiger partial charge in [-0.2, -0.15) is 0 Å². The first kappa shape index (κ1) is 21.2. The second-order valence-corrected chi connectivity index (χ2v) is 9.23. The Labute approximate surface area is 174 Å². The second-order valence-electron chi connectivity index (χ2n) is 6.41. The fraction of sp³-hybridized carbons (Fsp3) is 0.300. The third-order valence-corrected chi connectivity index (χ3v) is 6.85. The number of hydrogen-bond acceptors (Lipinski definition) is 6. The molecule has 29 heavy (non-hydrogen) atoms. The number of nitrogens with zero attached hydrogens (tertiary/aromatic N) is 1. The molecule has 0 aliphatic carbocycles. The number of sulfonamides is 1. The van der Waals surface area contributed by atoms with Crippen molar-refractivity contribution in [2.24, 2.45) is 0 Å². The molecule has 2 aromatic rings. The summed E-state index contributed by atoms with van der Waals surface area (Å²) in [7, 11) is -3.91. The van der Waals surface area contributed by atoms with Gasteiger partial charge in [0.15, 0.2) is 0 Å². The topological polar surface area (TPSA) is 92.8 Å². The lowest BCUT2D eigenvalue weighted by molar-refractivity contribution is -0.116. The van der Waals surface area contributed by atoms with E-state index in [4.69, 9.17) is 4.74 Å². The van der Waals surface area contributed by atoms with E-state index in [1.807, 2.05) is 0 Å². The van der Waals surface area contributed by atoms with E-state index >= 15 is 0 Å². The van der Waals surface area contributed by atoms with Crippen molar-refractivity contribution in [3.05, 3.63) is 48.0 Å². The standard InChI is InChI=1S/C20H22N2O5S2/c1-3-27-20(24)15-6-4-7-16(12-15)21-29(25,26)17-8-9-19-18(13-17)22(14(2)23)10-5-11-28-19/h4,6-9,12-13,21H,3,5,10-11H2,1-2H3. The Morgan fingerprint density at radius 3 is 2.72 bits per heavy atom.